The smallest absolute Gasteiger partial charge is 0.220 e. The van der Waals surface area contributed by atoms with Gasteiger partial charge in [0.2, 0.25) is 5.91 Å². The van der Waals surface area contributed by atoms with Gasteiger partial charge in [-0.25, -0.2) is 0 Å². The molecule has 1 amide bonds. The molecule has 0 bridgehead atoms. The Bertz CT molecular complexity index is 184. The van der Waals surface area contributed by atoms with Gasteiger partial charge in [-0.15, -0.1) is 0 Å². The molecule has 0 aromatic rings. The average molecular weight is 199 g/mol. The number of hydrogen-bond donors (Lipinski definition) is 2. The van der Waals surface area contributed by atoms with Gasteiger partial charge in [-0.2, -0.15) is 0 Å². The summed E-state index contributed by atoms with van der Waals surface area (Å²) in [6.07, 6.45) is 2.87. The van der Waals surface area contributed by atoms with E-state index in [2.05, 4.69) is 11.8 Å². The van der Waals surface area contributed by atoms with Crippen molar-refractivity contribution in [3.63, 3.8) is 0 Å². The Morgan fingerprint density at radius 2 is 2.07 bits per heavy atom. The summed E-state index contributed by atoms with van der Waals surface area (Å²) in [5, 5.41) is 0. The molecule has 1 heterocycles. The molecule has 4 heteroatoms. The summed E-state index contributed by atoms with van der Waals surface area (Å²) in [5.74, 6) is -0.0630. The molecule has 0 aromatic heterocycles. The van der Waals surface area contributed by atoms with E-state index in [1.165, 1.54) is 0 Å². The van der Waals surface area contributed by atoms with Gasteiger partial charge < -0.3 is 11.5 Å². The van der Waals surface area contributed by atoms with Crippen LogP contribution in [0.25, 0.3) is 0 Å². The van der Waals surface area contributed by atoms with Gasteiger partial charge in [0.1, 0.15) is 0 Å². The molecule has 0 aliphatic carbocycles. The summed E-state index contributed by atoms with van der Waals surface area (Å²) in [5.41, 5.74) is 10.9. The molecular weight excluding hydrogens is 178 g/mol. The first-order valence-corrected chi connectivity index (χ1v) is 5.42. The highest BCUT2D eigenvalue weighted by Gasteiger charge is 2.25. The fourth-order valence-corrected chi connectivity index (χ4v) is 2.12. The van der Waals surface area contributed by atoms with Crippen molar-refractivity contribution in [1.82, 2.24) is 4.90 Å². The van der Waals surface area contributed by atoms with Crippen molar-refractivity contribution in [3.05, 3.63) is 0 Å². The van der Waals surface area contributed by atoms with Crippen LogP contribution in [0.1, 0.15) is 26.2 Å². The van der Waals surface area contributed by atoms with Crippen LogP contribution in [0.4, 0.5) is 0 Å². The number of likely N-dealkylation sites (tertiary alicyclic amines) is 1. The van der Waals surface area contributed by atoms with Crippen LogP contribution in [0.15, 0.2) is 0 Å². The highest BCUT2D eigenvalue weighted by molar-refractivity contribution is 5.76. The van der Waals surface area contributed by atoms with Crippen molar-refractivity contribution in [1.29, 1.82) is 0 Å². The van der Waals surface area contributed by atoms with E-state index >= 15 is 0 Å². The zero-order valence-corrected chi connectivity index (χ0v) is 8.91. The van der Waals surface area contributed by atoms with Crippen LogP contribution in [0.5, 0.6) is 0 Å². The van der Waals surface area contributed by atoms with Crippen LogP contribution in [0.2, 0.25) is 0 Å². The van der Waals surface area contributed by atoms with Crippen LogP contribution in [-0.2, 0) is 4.79 Å². The summed E-state index contributed by atoms with van der Waals surface area (Å²) in [7, 11) is 0. The highest BCUT2D eigenvalue weighted by atomic mass is 16.1. The maximum atomic E-state index is 10.9. The molecule has 1 unspecified atom stereocenters. The third-order valence-electron chi connectivity index (χ3n) is 3.19. The highest BCUT2D eigenvalue weighted by Crippen LogP contribution is 2.19. The summed E-state index contributed by atoms with van der Waals surface area (Å²) >= 11 is 0. The third-order valence-corrected chi connectivity index (χ3v) is 3.19. The van der Waals surface area contributed by atoms with Crippen LogP contribution in [-0.4, -0.2) is 36.5 Å². The molecule has 1 rings (SSSR count). The average Bonchev–Trinajstić information content (AvgIpc) is 2.20. The Balaban J connectivity index is 2.38. The first-order chi connectivity index (χ1) is 6.69. The van der Waals surface area contributed by atoms with E-state index in [1.54, 1.807) is 0 Å². The summed E-state index contributed by atoms with van der Waals surface area (Å²) in [4.78, 5) is 13.3. The second-order valence-corrected chi connectivity index (χ2v) is 4.01. The van der Waals surface area contributed by atoms with Gasteiger partial charge in [0.25, 0.3) is 0 Å². The molecule has 1 atom stereocenters. The lowest BCUT2D eigenvalue weighted by molar-refractivity contribution is -0.123. The van der Waals surface area contributed by atoms with Crippen molar-refractivity contribution < 1.29 is 4.79 Å². The summed E-state index contributed by atoms with van der Waals surface area (Å²) in [6.45, 7) is 4.78. The second-order valence-electron chi connectivity index (χ2n) is 4.01. The molecule has 1 aliphatic heterocycles. The Morgan fingerprint density at radius 3 is 2.43 bits per heavy atom. The van der Waals surface area contributed by atoms with E-state index in [0.717, 1.165) is 32.4 Å². The lowest BCUT2D eigenvalue weighted by atomic mass is 9.95. The van der Waals surface area contributed by atoms with Crippen molar-refractivity contribution in [3.8, 4) is 0 Å². The van der Waals surface area contributed by atoms with E-state index < -0.39 is 0 Å². The van der Waals surface area contributed by atoms with Crippen LogP contribution < -0.4 is 11.5 Å². The third kappa shape index (κ3) is 2.69. The number of hydrogen-bond acceptors (Lipinski definition) is 3. The topological polar surface area (TPSA) is 72.3 Å². The molecule has 0 radical (unpaired) electrons. The molecule has 82 valence electrons. The number of primary amides is 1. The number of rotatable bonds is 4. The quantitative estimate of drug-likeness (QED) is 0.665. The van der Waals surface area contributed by atoms with Crippen molar-refractivity contribution >= 4 is 5.91 Å². The standard InChI is InChI=1S/C10H21N3O/c1-2-9(7-11)13-5-3-8(4-6-13)10(12)14/h8-9H,2-7,11H2,1H3,(H2,12,14). The van der Waals surface area contributed by atoms with Crippen LogP contribution >= 0.6 is 0 Å². The number of nitrogens with zero attached hydrogens (tertiary/aromatic N) is 1. The first-order valence-electron chi connectivity index (χ1n) is 5.42. The van der Waals surface area contributed by atoms with Crippen molar-refractivity contribution in [2.24, 2.45) is 17.4 Å². The number of nitrogens with two attached hydrogens (primary N) is 2. The SMILES string of the molecule is CCC(CN)N1CCC(C(N)=O)CC1. The minimum absolute atomic E-state index is 0.0848. The second kappa shape index (κ2) is 5.32. The molecule has 0 aromatic carbocycles. The lowest BCUT2D eigenvalue weighted by Crippen LogP contribution is -2.46. The fraction of sp³-hybridized carbons (Fsp3) is 0.900. The maximum Gasteiger partial charge on any atom is 0.220 e. The molecule has 4 N–H and O–H groups in total. The largest absolute Gasteiger partial charge is 0.369 e. The predicted molar refractivity (Wildman–Crippen MR) is 56.6 cm³/mol. The fourth-order valence-electron chi connectivity index (χ4n) is 2.12. The van der Waals surface area contributed by atoms with Gasteiger partial charge in [-0.1, -0.05) is 6.92 Å². The monoisotopic (exact) mass is 199 g/mol. The Hall–Kier alpha value is -0.610. The van der Waals surface area contributed by atoms with Crippen molar-refractivity contribution in [2.75, 3.05) is 19.6 Å². The molecule has 4 nitrogen and oxygen atoms in total. The molecular formula is C10H21N3O. The van der Waals surface area contributed by atoms with Crippen LogP contribution in [0.3, 0.4) is 0 Å². The van der Waals surface area contributed by atoms with Gasteiger partial charge in [-0.05, 0) is 32.4 Å². The zero-order chi connectivity index (χ0) is 10.6. The lowest BCUT2D eigenvalue weighted by Gasteiger charge is -2.35. The zero-order valence-electron chi connectivity index (χ0n) is 8.91. The van der Waals surface area contributed by atoms with Gasteiger partial charge >= 0.3 is 0 Å². The minimum atomic E-state index is -0.148. The summed E-state index contributed by atoms with van der Waals surface area (Å²) < 4.78 is 0. The number of carbonyl (C=O) groups is 1. The normalized spacial score (nSPS) is 22.1. The number of piperidine rings is 1. The van der Waals surface area contributed by atoms with Crippen LogP contribution in [0, 0.1) is 5.92 Å². The Kier molecular flexibility index (Phi) is 4.35. The Labute approximate surface area is 85.6 Å². The summed E-state index contributed by atoms with van der Waals surface area (Å²) in [6, 6.07) is 0.476. The number of amides is 1. The Morgan fingerprint density at radius 1 is 1.50 bits per heavy atom. The van der Waals surface area contributed by atoms with Crippen molar-refractivity contribution in [2.45, 2.75) is 32.2 Å². The predicted octanol–water partition coefficient (Wildman–Crippen LogP) is -0.0790. The van der Waals surface area contributed by atoms with E-state index in [9.17, 15) is 4.79 Å². The molecule has 0 spiro atoms. The molecule has 1 aliphatic rings. The van der Waals surface area contributed by atoms with Gasteiger partial charge in [0.05, 0.1) is 0 Å². The molecule has 1 fully saturated rings. The maximum absolute atomic E-state index is 10.9. The van der Waals surface area contributed by atoms with Gasteiger partial charge in [-0.3, -0.25) is 9.69 Å². The van der Waals surface area contributed by atoms with E-state index in [1.807, 2.05) is 0 Å². The van der Waals surface area contributed by atoms with E-state index in [-0.39, 0.29) is 11.8 Å². The molecule has 0 saturated carbocycles. The molecule has 14 heavy (non-hydrogen) atoms. The minimum Gasteiger partial charge on any atom is -0.369 e. The van der Waals surface area contributed by atoms with Gasteiger partial charge in [0, 0.05) is 18.5 Å². The number of carbonyl (C=O) groups excluding carboxylic acids is 1. The van der Waals surface area contributed by atoms with Gasteiger partial charge in [0.15, 0.2) is 0 Å². The molecule has 1 saturated heterocycles. The van der Waals surface area contributed by atoms with E-state index in [0.29, 0.717) is 12.6 Å². The first kappa shape index (κ1) is 11.5. The van der Waals surface area contributed by atoms with E-state index in [4.69, 9.17) is 11.5 Å².